The van der Waals surface area contributed by atoms with E-state index in [0.717, 1.165) is 12.3 Å². The van der Waals surface area contributed by atoms with Gasteiger partial charge in [0.05, 0.1) is 17.4 Å². The molecule has 0 amide bonds. The van der Waals surface area contributed by atoms with Gasteiger partial charge in [0.15, 0.2) is 0 Å². The average Bonchev–Trinajstić information content (AvgIpc) is 3.12. The van der Waals surface area contributed by atoms with Gasteiger partial charge < -0.3 is 0 Å². The fourth-order valence-electron chi connectivity index (χ4n) is 2.76. The molecule has 2 aromatic carbocycles. The van der Waals surface area contributed by atoms with E-state index in [-0.39, 0.29) is 16.8 Å². The lowest BCUT2D eigenvalue weighted by molar-refractivity contribution is -0.139. The summed E-state index contributed by atoms with van der Waals surface area (Å²) in [4.78, 5) is -1.20. The van der Waals surface area contributed by atoms with Crippen LogP contribution in [0.25, 0.3) is 22.5 Å². The first-order valence-electron chi connectivity index (χ1n) is 7.86. The van der Waals surface area contributed by atoms with E-state index in [2.05, 4.69) is 25.3 Å². The zero-order valence-corrected chi connectivity index (χ0v) is 16.6. The molecule has 1 heterocycles. The first-order valence-corrected chi connectivity index (χ1v) is 11.3. The second kappa shape index (κ2) is 7.33. The molecule has 0 fully saturated rings. The molecular formula is C15H13F3N6O4S2. The van der Waals surface area contributed by atoms with Crippen LogP contribution in [0.2, 0.25) is 0 Å². The van der Waals surface area contributed by atoms with Crippen molar-refractivity contribution in [1.29, 1.82) is 0 Å². The molecule has 0 unspecified atom stereocenters. The van der Waals surface area contributed by atoms with Crippen LogP contribution in [0.3, 0.4) is 0 Å². The highest BCUT2D eigenvalue weighted by atomic mass is 32.2. The lowest BCUT2D eigenvalue weighted by atomic mass is 9.96. The molecule has 15 heteroatoms. The predicted molar refractivity (Wildman–Crippen MR) is 99.9 cm³/mol. The highest BCUT2D eigenvalue weighted by Gasteiger charge is 2.39. The van der Waals surface area contributed by atoms with Gasteiger partial charge in [-0.1, -0.05) is 18.2 Å². The van der Waals surface area contributed by atoms with Gasteiger partial charge in [0.2, 0.25) is 25.9 Å². The summed E-state index contributed by atoms with van der Waals surface area (Å²) in [6, 6.07) is 7.10. The smallest absolute Gasteiger partial charge is 0.284 e. The molecule has 0 radical (unpaired) electrons. The second-order valence-corrected chi connectivity index (χ2v) is 9.34. The summed E-state index contributed by atoms with van der Waals surface area (Å²) in [5.74, 6) is -0.418. The van der Waals surface area contributed by atoms with Crippen molar-refractivity contribution in [3.8, 4) is 22.5 Å². The number of nitrogens with two attached hydrogens (primary N) is 1. The molecule has 10 nitrogen and oxygen atoms in total. The van der Waals surface area contributed by atoms with Crippen LogP contribution >= 0.6 is 0 Å². The predicted octanol–water partition coefficient (Wildman–Crippen LogP) is 1.57. The number of rotatable bonds is 5. The molecule has 0 atom stereocenters. The maximum atomic E-state index is 13.5. The number of aromatic amines is 1. The number of nitrogens with zero attached hydrogens (tertiary/aromatic N) is 3. The number of aromatic nitrogens is 4. The number of anilines is 1. The van der Waals surface area contributed by atoms with Gasteiger partial charge in [-0.25, -0.2) is 22.0 Å². The molecule has 0 spiro atoms. The van der Waals surface area contributed by atoms with E-state index in [4.69, 9.17) is 5.14 Å². The van der Waals surface area contributed by atoms with Crippen molar-refractivity contribution < 1.29 is 30.0 Å². The van der Waals surface area contributed by atoms with E-state index in [1.54, 1.807) is 0 Å². The third-order valence-corrected chi connectivity index (χ3v) is 5.42. The third kappa shape index (κ3) is 4.58. The molecule has 30 heavy (non-hydrogen) atoms. The van der Waals surface area contributed by atoms with Gasteiger partial charge in [-0.05, 0) is 34.5 Å². The molecule has 0 aliphatic heterocycles. The Morgan fingerprint density at radius 1 is 1.03 bits per heavy atom. The quantitative estimate of drug-likeness (QED) is 0.518. The monoisotopic (exact) mass is 462 g/mol. The summed E-state index contributed by atoms with van der Waals surface area (Å²) >= 11 is 0. The Balaban J connectivity index is 2.31. The van der Waals surface area contributed by atoms with E-state index in [1.807, 2.05) is 0 Å². The fourth-order valence-corrected chi connectivity index (χ4v) is 4.30. The molecule has 0 aliphatic rings. The summed E-state index contributed by atoms with van der Waals surface area (Å²) in [7, 11) is -8.42. The Hall–Kier alpha value is -3.04. The van der Waals surface area contributed by atoms with Crippen LogP contribution in [0.1, 0.15) is 5.56 Å². The van der Waals surface area contributed by atoms with Crippen molar-refractivity contribution in [1.82, 2.24) is 20.6 Å². The van der Waals surface area contributed by atoms with Crippen LogP contribution < -0.4 is 9.86 Å². The van der Waals surface area contributed by atoms with E-state index in [1.165, 1.54) is 24.3 Å². The maximum absolute atomic E-state index is 13.5. The van der Waals surface area contributed by atoms with Gasteiger partial charge in [0.25, 0.3) is 0 Å². The number of halogens is 3. The number of nitrogens with one attached hydrogen (secondary N) is 2. The second-order valence-electron chi connectivity index (χ2n) is 6.09. The minimum atomic E-state index is -5.03. The van der Waals surface area contributed by atoms with Crippen molar-refractivity contribution in [2.24, 2.45) is 5.14 Å². The van der Waals surface area contributed by atoms with E-state index in [0.29, 0.717) is 6.07 Å². The Morgan fingerprint density at radius 3 is 2.13 bits per heavy atom. The third-order valence-electron chi connectivity index (χ3n) is 3.82. The number of hydrogen-bond acceptors (Lipinski definition) is 7. The Morgan fingerprint density at radius 2 is 1.67 bits per heavy atom. The average molecular weight is 462 g/mol. The van der Waals surface area contributed by atoms with Crippen molar-refractivity contribution in [3.63, 3.8) is 0 Å². The summed E-state index contributed by atoms with van der Waals surface area (Å²) < 4.78 is 89.6. The lowest BCUT2D eigenvalue weighted by Gasteiger charge is -2.17. The molecule has 1 aromatic heterocycles. The SMILES string of the molecule is CS(=O)(=O)Nc1ccc(-c2ccc(C(F)(F)F)c(S(N)(=O)=O)c2-c2nn[nH]n2)cc1. The zero-order valence-electron chi connectivity index (χ0n) is 15.0. The van der Waals surface area contributed by atoms with Crippen LogP contribution in [0, 0.1) is 0 Å². The number of H-pyrrole nitrogens is 1. The van der Waals surface area contributed by atoms with Crippen molar-refractivity contribution in [2.45, 2.75) is 11.1 Å². The van der Waals surface area contributed by atoms with Gasteiger partial charge in [-0.2, -0.15) is 18.4 Å². The van der Waals surface area contributed by atoms with Crippen LogP contribution in [0.5, 0.6) is 0 Å². The first kappa shape index (κ1) is 21.7. The molecule has 3 rings (SSSR count). The molecule has 0 bridgehead atoms. The Labute approximate surface area is 168 Å². The highest BCUT2D eigenvalue weighted by Crippen LogP contribution is 2.42. The number of tetrazole rings is 1. The van der Waals surface area contributed by atoms with Gasteiger partial charge in [-0.15, -0.1) is 10.2 Å². The molecule has 160 valence electrons. The summed E-state index contributed by atoms with van der Waals surface area (Å²) in [5, 5.41) is 17.7. The van der Waals surface area contributed by atoms with Crippen molar-refractivity contribution >= 4 is 25.7 Å². The zero-order chi connectivity index (χ0) is 22.3. The van der Waals surface area contributed by atoms with E-state index in [9.17, 15) is 30.0 Å². The van der Waals surface area contributed by atoms with Gasteiger partial charge in [-0.3, -0.25) is 4.72 Å². The molecular weight excluding hydrogens is 449 g/mol. The molecule has 4 N–H and O–H groups in total. The number of primary sulfonamides is 1. The van der Waals surface area contributed by atoms with Crippen LogP contribution in [-0.2, 0) is 26.2 Å². The van der Waals surface area contributed by atoms with Gasteiger partial charge >= 0.3 is 6.18 Å². The minimum absolute atomic E-state index is 0.0133. The minimum Gasteiger partial charge on any atom is -0.284 e. The molecule has 3 aromatic rings. The normalized spacial score (nSPS) is 12.7. The number of sulfonamides is 2. The number of alkyl halides is 3. The number of benzene rings is 2. The van der Waals surface area contributed by atoms with Crippen LogP contribution in [0.4, 0.5) is 18.9 Å². The Bertz CT molecular complexity index is 1290. The number of hydrogen-bond donors (Lipinski definition) is 3. The van der Waals surface area contributed by atoms with Gasteiger partial charge in [0.1, 0.15) is 4.90 Å². The van der Waals surface area contributed by atoms with E-state index >= 15 is 0 Å². The largest absolute Gasteiger partial charge is 0.417 e. The van der Waals surface area contributed by atoms with Crippen LogP contribution in [-0.4, -0.2) is 43.7 Å². The standard InChI is InChI=1S/C15H13F3N6O4S2/c1-29(25,26)22-9-4-2-8(3-5-9)10-6-7-11(15(16,17)18)13(30(19,27)28)12(10)14-20-23-24-21-14/h2-7,22H,1H3,(H2,19,27,28)(H,20,21,23,24). The first-order chi connectivity index (χ1) is 13.8. The fraction of sp³-hybridized carbons (Fsp3) is 0.133. The highest BCUT2D eigenvalue weighted by molar-refractivity contribution is 7.92. The summed E-state index contributed by atoms with van der Waals surface area (Å²) in [5.41, 5.74) is -1.51. The summed E-state index contributed by atoms with van der Waals surface area (Å²) in [6.45, 7) is 0. The van der Waals surface area contributed by atoms with E-state index < -0.39 is 48.1 Å². The van der Waals surface area contributed by atoms with Crippen molar-refractivity contribution in [3.05, 3.63) is 42.0 Å². The molecule has 0 aliphatic carbocycles. The Kier molecular flexibility index (Phi) is 5.30. The topological polar surface area (TPSA) is 161 Å². The van der Waals surface area contributed by atoms with Crippen LogP contribution in [0.15, 0.2) is 41.3 Å². The summed E-state index contributed by atoms with van der Waals surface area (Å²) in [6.07, 6.45) is -4.08. The lowest BCUT2D eigenvalue weighted by Crippen LogP contribution is -2.21. The molecule has 0 saturated carbocycles. The van der Waals surface area contributed by atoms with Gasteiger partial charge in [0, 0.05) is 5.69 Å². The van der Waals surface area contributed by atoms with Crippen molar-refractivity contribution in [2.75, 3.05) is 11.0 Å². The maximum Gasteiger partial charge on any atom is 0.417 e. The molecule has 0 saturated heterocycles.